The van der Waals surface area contributed by atoms with Crippen LogP contribution in [0.4, 0.5) is 4.79 Å². The van der Waals surface area contributed by atoms with Gasteiger partial charge in [-0.3, -0.25) is 0 Å². The molecule has 110 valence electrons. The number of carbonyl (C=O) groups excluding carboxylic acids is 1. The normalized spacial score (nSPS) is 25.2. The quantitative estimate of drug-likeness (QED) is 0.563. The van der Waals surface area contributed by atoms with Gasteiger partial charge < -0.3 is 20.8 Å². The zero-order chi connectivity index (χ0) is 14.3. The number of carboxylic acid groups (broad SMARTS) is 1. The lowest BCUT2D eigenvalue weighted by Crippen LogP contribution is -2.50. The van der Waals surface area contributed by atoms with Crippen LogP contribution in [0, 0.1) is 5.92 Å². The van der Waals surface area contributed by atoms with Crippen molar-refractivity contribution in [1.82, 2.24) is 10.6 Å². The standard InChI is InChI=1S/C13H24N2O4/c1-9-5-3-2-4-6-10(9)14-13(19)15-11(7-8-16)12(17)18/h9-11,16H,2-8H2,1H3,(H,17,18)(H2,14,15,19)/t9?,10?,11-/m1/s1. The third kappa shape index (κ3) is 5.46. The second kappa shape index (κ2) is 7.99. The lowest BCUT2D eigenvalue weighted by atomic mass is 9.97. The van der Waals surface area contributed by atoms with Gasteiger partial charge in [0.05, 0.1) is 0 Å². The minimum absolute atomic E-state index is 0.0168. The van der Waals surface area contributed by atoms with Crippen LogP contribution in [0.3, 0.4) is 0 Å². The number of aliphatic hydroxyl groups excluding tert-OH is 1. The molecule has 0 aromatic heterocycles. The molecule has 0 aromatic rings. The number of amides is 2. The summed E-state index contributed by atoms with van der Waals surface area (Å²) in [5.74, 6) is -0.715. The molecule has 2 unspecified atom stereocenters. The van der Waals surface area contributed by atoms with Crippen molar-refractivity contribution < 1.29 is 19.8 Å². The van der Waals surface area contributed by atoms with Crippen molar-refractivity contribution in [2.45, 2.75) is 57.5 Å². The molecule has 0 saturated heterocycles. The average Bonchev–Trinajstić information content (AvgIpc) is 2.54. The van der Waals surface area contributed by atoms with Crippen molar-refractivity contribution in [2.24, 2.45) is 5.92 Å². The van der Waals surface area contributed by atoms with Gasteiger partial charge in [-0.1, -0.05) is 26.2 Å². The van der Waals surface area contributed by atoms with Crippen molar-refractivity contribution in [3.63, 3.8) is 0 Å². The Morgan fingerprint density at radius 1 is 1.26 bits per heavy atom. The van der Waals surface area contributed by atoms with Crippen LogP contribution >= 0.6 is 0 Å². The second-order valence-electron chi connectivity index (χ2n) is 5.24. The molecule has 2 amide bonds. The summed E-state index contributed by atoms with van der Waals surface area (Å²) >= 11 is 0. The molecule has 1 fully saturated rings. The molecule has 1 saturated carbocycles. The summed E-state index contributed by atoms with van der Waals surface area (Å²) in [5.41, 5.74) is 0. The number of aliphatic carboxylic acids is 1. The lowest BCUT2D eigenvalue weighted by molar-refractivity contribution is -0.139. The molecule has 4 N–H and O–H groups in total. The van der Waals surface area contributed by atoms with E-state index in [4.69, 9.17) is 10.2 Å². The minimum Gasteiger partial charge on any atom is -0.480 e. The predicted octanol–water partition coefficient (Wildman–Crippen LogP) is 1.09. The van der Waals surface area contributed by atoms with E-state index in [9.17, 15) is 9.59 Å². The summed E-state index contributed by atoms with van der Waals surface area (Å²) in [6.45, 7) is 1.84. The number of rotatable bonds is 5. The average molecular weight is 272 g/mol. The SMILES string of the molecule is CC1CCCCCC1NC(=O)N[C@H](CCO)C(=O)O. The molecule has 0 bridgehead atoms. The smallest absolute Gasteiger partial charge is 0.326 e. The molecule has 6 heteroatoms. The second-order valence-corrected chi connectivity index (χ2v) is 5.24. The van der Waals surface area contributed by atoms with Crippen molar-refractivity contribution in [2.75, 3.05) is 6.61 Å². The predicted molar refractivity (Wildman–Crippen MR) is 70.8 cm³/mol. The first-order valence-electron chi connectivity index (χ1n) is 6.95. The molecule has 1 rings (SSSR count). The van der Waals surface area contributed by atoms with Crippen molar-refractivity contribution in [1.29, 1.82) is 0 Å². The third-order valence-electron chi connectivity index (χ3n) is 3.70. The molecule has 1 aliphatic carbocycles. The Hall–Kier alpha value is -1.30. The summed E-state index contributed by atoms with van der Waals surface area (Å²) in [6.07, 6.45) is 5.50. The maximum absolute atomic E-state index is 11.8. The first kappa shape index (κ1) is 15.8. The van der Waals surface area contributed by atoms with Crippen LogP contribution in [0.25, 0.3) is 0 Å². The Kier molecular flexibility index (Phi) is 6.62. The van der Waals surface area contributed by atoms with Gasteiger partial charge in [-0.15, -0.1) is 0 Å². The van der Waals surface area contributed by atoms with E-state index in [0.717, 1.165) is 19.3 Å². The number of hydrogen-bond acceptors (Lipinski definition) is 3. The van der Waals surface area contributed by atoms with Gasteiger partial charge in [-0.2, -0.15) is 0 Å². The molecule has 0 aliphatic heterocycles. The molecule has 1 aliphatic rings. The maximum Gasteiger partial charge on any atom is 0.326 e. The molecule has 6 nitrogen and oxygen atoms in total. The number of aliphatic hydroxyl groups is 1. The molecule has 3 atom stereocenters. The van der Waals surface area contributed by atoms with Gasteiger partial charge in [-0.25, -0.2) is 9.59 Å². The lowest BCUT2D eigenvalue weighted by Gasteiger charge is -2.24. The molecular formula is C13H24N2O4. The summed E-state index contributed by atoms with van der Waals surface area (Å²) in [6, 6.07) is -1.39. The topological polar surface area (TPSA) is 98.7 Å². The third-order valence-corrected chi connectivity index (χ3v) is 3.70. The van der Waals surface area contributed by atoms with E-state index in [1.54, 1.807) is 0 Å². The van der Waals surface area contributed by atoms with Crippen LogP contribution < -0.4 is 10.6 Å². The van der Waals surface area contributed by atoms with Crippen LogP contribution in [-0.4, -0.2) is 40.9 Å². The van der Waals surface area contributed by atoms with E-state index in [-0.39, 0.29) is 19.1 Å². The summed E-state index contributed by atoms with van der Waals surface area (Å²) in [4.78, 5) is 22.7. The van der Waals surface area contributed by atoms with Crippen molar-refractivity contribution >= 4 is 12.0 Å². The van der Waals surface area contributed by atoms with Gasteiger partial charge in [0.15, 0.2) is 0 Å². The maximum atomic E-state index is 11.8. The summed E-state index contributed by atoms with van der Waals surface area (Å²) in [5, 5.41) is 22.9. The fraction of sp³-hybridized carbons (Fsp3) is 0.846. The Bertz CT molecular complexity index is 309. The Balaban J connectivity index is 2.46. The zero-order valence-corrected chi connectivity index (χ0v) is 11.4. The highest BCUT2D eigenvalue weighted by atomic mass is 16.4. The monoisotopic (exact) mass is 272 g/mol. The van der Waals surface area contributed by atoms with Crippen LogP contribution in [0.15, 0.2) is 0 Å². The fourth-order valence-corrected chi connectivity index (χ4v) is 2.46. The molecule has 0 aromatic carbocycles. The zero-order valence-electron chi connectivity index (χ0n) is 11.4. The molecule has 0 heterocycles. The van der Waals surface area contributed by atoms with Gasteiger partial charge in [0.1, 0.15) is 6.04 Å². The Morgan fingerprint density at radius 2 is 1.95 bits per heavy atom. The van der Waals surface area contributed by atoms with Gasteiger partial charge >= 0.3 is 12.0 Å². The van der Waals surface area contributed by atoms with E-state index in [0.29, 0.717) is 5.92 Å². The molecular weight excluding hydrogens is 248 g/mol. The van der Waals surface area contributed by atoms with E-state index in [1.807, 2.05) is 0 Å². The van der Waals surface area contributed by atoms with Crippen LogP contribution in [0.1, 0.15) is 45.4 Å². The highest BCUT2D eigenvalue weighted by Gasteiger charge is 2.24. The highest BCUT2D eigenvalue weighted by Crippen LogP contribution is 2.22. The Labute approximate surface area is 113 Å². The fourth-order valence-electron chi connectivity index (χ4n) is 2.46. The first-order valence-corrected chi connectivity index (χ1v) is 6.95. The summed E-state index contributed by atoms with van der Waals surface area (Å²) < 4.78 is 0. The van der Waals surface area contributed by atoms with E-state index in [2.05, 4.69) is 17.6 Å². The van der Waals surface area contributed by atoms with Gasteiger partial charge in [0, 0.05) is 19.1 Å². The number of hydrogen-bond donors (Lipinski definition) is 4. The highest BCUT2D eigenvalue weighted by molar-refractivity contribution is 5.82. The van der Waals surface area contributed by atoms with Gasteiger partial charge in [-0.05, 0) is 18.8 Å². The number of nitrogens with one attached hydrogen (secondary N) is 2. The molecule has 0 spiro atoms. The van der Waals surface area contributed by atoms with Crippen LogP contribution in [0.2, 0.25) is 0 Å². The first-order chi connectivity index (χ1) is 9.04. The largest absolute Gasteiger partial charge is 0.480 e. The number of urea groups is 1. The summed E-state index contributed by atoms with van der Waals surface area (Å²) in [7, 11) is 0. The molecule has 0 radical (unpaired) electrons. The number of carboxylic acids is 1. The number of carbonyl (C=O) groups is 2. The van der Waals surface area contributed by atoms with E-state index >= 15 is 0 Å². The minimum atomic E-state index is -1.13. The molecule has 19 heavy (non-hydrogen) atoms. The van der Waals surface area contributed by atoms with Crippen molar-refractivity contribution in [3.8, 4) is 0 Å². The van der Waals surface area contributed by atoms with E-state index < -0.39 is 18.0 Å². The van der Waals surface area contributed by atoms with Gasteiger partial charge in [0.2, 0.25) is 0 Å². The van der Waals surface area contributed by atoms with Gasteiger partial charge in [0.25, 0.3) is 0 Å². The van der Waals surface area contributed by atoms with Crippen molar-refractivity contribution in [3.05, 3.63) is 0 Å². The van der Waals surface area contributed by atoms with Crippen LogP contribution in [-0.2, 0) is 4.79 Å². The van der Waals surface area contributed by atoms with Crippen LogP contribution in [0.5, 0.6) is 0 Å². The van der Waals surface area contributed by atoms with E-state index in [1.165, 1.54) is 12.8 Å². The Morgan fingerprint density at radius 3 is 2.58 bits per heavy atom.